The van der Waals surface area contributed by atoms with E-state index in [-0.39, 0.29) is 0 Å². The molecule has 82 heavy (non-hydrogen) atoms. The Morgan fingerprint density at radius 3 is 0.780 bits per heavy atom. The van der Waals surface area contributed by atoms with Crippen LogP contribution in [0.4, 0.5) is 0 Å². The molecule has 0 heteroatoms. The van der Waals surface area contributed by atoms with Crippen LogP contribution in [0, 0.1) is 123 Å². The van der Waals surface area contributed by atoms with Crippen molar-refractivity contribution in [3.8, 4) is 212 Å². The molecular weight excluding hydrogens is 985 g/mol. The average molecular weight is 1030 g/mol. The normalized spacial score (nSPS) is 10.3. The molecule has 0 saturated heterocycles. The lowest BCUT2D eigenvalue weighted by molar-refractivity contribution is 1.50. The third-order valence-electron chi connectivity index (χ3n) is 15.1. The standard InChI is InChI=1S/C82H42/c1-11-53-30-25-39-68(63(53)16-6)72-46-44-58(51-79(72)70-41-27-32-55(13-3)65(70)18-8)60-48-61(59-45-47-73(69-40-26-31-54(12-2)64(69)17-7)80(52-59)71-42-28-33-56(14-4)66(71)19-9)50-62(49-60)81-75-35-21-23-37-77(75)82(78-38-24-22-36-76(78)81)74-43-29-34-57(15-5)67(74)20-10/h1-10,21-52H. The molecule has 0 aromatic heterocycles. The third kappa shape index (κ3) is 8.69. The highest BCUT2D eigenvalue weighted by Crippen LogP contribution is 2.48. The number of benzene rings is 11. The molecule has 11 aromatic rings. The number of hydrogen-bond donors (Lipinski definition) is 0. The van der Waals surface area contributed by atoms with Crippen LogP contribution in [0.2, 0.25) is 0 Å². The van der Waals surface area contributed by atoms with Gasteiger partial charge in [-0.05, 0) is 171 Å². The van der Waals surface area contributed by atoms with Gasteiger partial charge in [-0.1, -0.05) is 193 Å². The van der Waals surface area contributed by atoms with E-state index < -0.39 is 0 Å². The van der Waals surface area contributed by atoms with Crippen LogP contribution in [-0.2, 0) is 0 Å². The molecule has 0 amide bonds. The SMILES string of the molecule is C#Cc1cccc(-c2ccc(-c3cc(-c4ccc(-c5cccc(C#C)c5C#C)c(-c5cccc(C#C)c5C#C)c4)cc(-c4c5ccccc5c(-c5cccc(C#C)c5C#C)c5ccccc45)c3)cc2-c2cccc(C#C)c2C#C)c1C#C. The Morgan fingerprint density at radius 2 is 0.463 bits per heavy atom. The molecule has 0 N–H and O–H groups in total. The minimum absolute atomic E-state index is 0.570. The van der Waals surface area contributed by atoms with Gasteiger partial charge in [-0.3, -0.25) is 0 Å². The first-order chi connectivity index (χ1) is 40.3. The summed E-state index contributed by atoms with van der Waals surface area (Å²) in [6.45, 7) is 0. The summed E-state index contributed by atoms with van der Waals surface area (Å²) in [6, 6.07) is 65.0. The molecule has 0 saturated carbocycles. The summed E-state index contributed by atoms with van der Waals surface area (Å²) in [5.41, 5.74) is 19.6. The van der Waals surface area contributed by atoms with Crippen molar-refractivity contribution in [2.75, 3.05) is 0 Å². The average Bonchev–Trinajstić information content (AvgIpc) is 3.03. The van der Waals surface area contributed by atoms with E-state index in [2.05, 4.69) is 150 Å². The summed E-state index contributed by atoms with van der Waals surface area (Å²) in [5.74, 6) is 28.5. The van der Waals surface area contributed by atoms with Gasteiger partial charge < -0.3 is 0 Å². The quantitative estimate of drug-likeness (QED) is 0.105. The van der Waals surface area contributed by atoms with Gasteiger partial charge in [0.05, 0.1) is 0 Å². The minimum Gasteiger partial charge on any atom is -0.115 e. The van der Waals surface area contributed by atoms with Gasteiger partial charge in [-0.25, -0.2) is 0 Å². The molecule has 0 unspecified atom stereocenters. The van der Waals surface area contributed by atoms with Gasteiger partial charge in [0.15, 0.2) is 0 Å². The number of rotatable bonds is 8. The smallest absolute Gasteiger partial charge is 0.0477 e. The maximum Gasteiger partial charge on any atom is 0.0477 e. The molecule has 0 nitrogen and oxygen atoms in total. The van der Waals surface area contributed by atoms with E-state index in [1.54, 1.807) is 0 Å². The van der Waals surface area contributed by atoms with Crippen LogP contribution in [0.5, 0.6) is 0 Å². The van der Waals surface area contributed by atoms with Crippen LogP contribution in [0.25, 0.3) is 111 Å². The molecule has 0 heterocycles. The Bertz CT molecular complexity index is 4750. The Morgan fingerprint density at radius 1 is 0.183 bits per heavy atom. The molecule has 0 aliphatic carbocycles. The second-order valence-corrected chi connectivity index (χ2v) is 19.2. The number of terminal acetylenes is 10. The molecule has 0 bridgehead atoms. The van der Waals surface area contributed by atoms with Gasteiger partial charge in [-0.15, -0.1) is 64.2 Å². The van der Waals surface area contributed by atoms with Crippen LogP contribution >= 0.6 is 0 Å². The van der Waals surface area contributed by atoms with Crippen LogP contribution in [0.15, 0.2) is 194 Å². The van der Waals surface area contributed by atoms with Crippen molar-refractivity contribution in [3.63, 3.8) is 0 Å². The maximum atomic E-state index is 6.35. The first kappa shape index (κ1) is 51.6. The third-order valence-corrected chi connectivity index (χ3v) is 15.1. The Kier molecular flexibility index (Phi) is 13.8. The van der Waals surface area contributed by atoms with E-state index in [4.69, 9.17) is 64.2 Å². The summed E-state index contributed by atoms with van der Waals surface area (Å²) in [4.78, 5) is 0. The van der Waals surface area contributed by atoms with Crippen LogP contribution in [-0.4, -0.2) is 0 Å². The summed E-state index contributed by atoms with van der Waals surface area (Å²) >= 11 is 0. The lowest BCUT2D eigenvalue weighted by Gasteiger charge is -2.21. The first-order valence-corrected chi connectivity index (χ1v) is 26.0. The lowest BCUT2D eigenvalue weighted by Crippen LogP contribution is -1.97. The fraction of sp³-hybridized carbons (Fsp3) is 0. The Hall–Kier alpha value is -12.5. The van der Waals surface area contributed by atoms with Gasteiger partial charge >= 0.3 is 0 Å². The van der Waals surface area contributed by atoms with Gasteiger partial charge in [-0.2, -0.15) is 0 Å². The zero-order valence-corrected chi connectivity index (χ0v) is 44.2. The van der Waals surface area contributed by atoms with Crippen LogP contribution in [0.3, 0.4) is 0 Å². The van der Waals surface area contributed by atoms with E-state index in [0.29, 0.717) is 55.6 Å². The second-order valence-electron chi connectivity index (χ2n) is 19.2. The Labute approximate surface area is 481 Å². The fourth-order valence-corrected chi connectivity index (χ4v) is 11.4. The van der Waals surface area contributed by atoms with Crippen molar-refractivity contribution in [1.29, 1.82) is 0 Å². The topological polar surface area (TPSA) is 0 Å². The van der Waals surface area contributed by atoms with Crippen molar-refractivity contribution in [2.24, 2.45) is 0 Å². The van der Waals surface area contributed by atoms with Crippen molar-refractivity contribution in [3.05, 3.63) is 250 Å². The molecule has 0 spiro atoms. The zero-order valence-electron chi connectivity index (χ0n) is 44.2. The molecule has 0 aliphatic rings. The van der Waals surface area contributed by atoms with Crippen molar-refractivity contribution in [2.45, 2.75) is 0 Å². The summed E-state index contributed by atoms with van der Waals surface area (Å²) < 4.78 is 0. The van der Waals surface area contributed by atoms with Gasteiger partial charge in [0, 0.05) is 55.6 Å². The molecule has 370 valence electrons. The highest BCUT2D eigenvalue weighted by molar-refractivity contribution is 6.22. The summed E-state index contributed by atoms with van der Waals surface area (Å²) in [7, 11) is 0. The van der Waals surface area contributed by atoms with E-state index in [9.17, 15) is 0 Å². The van der Waals surface area contributed by atoms with Gasteiger partial charge in [0.25, 0.3) is 0 Å². The summed E-state index contributed by atoms with van der Waals surface area (Å²) in [5, 5.41) is 3.99. The van der Waals surface area contributed by atoms with Crippen molar-refractivity contribution < 1.29 is 0 Å². The van der Waals surface area contributed by atoms with Gasteiger partial charge in [0.1, 0.15) is 0 Å². The molecule has 0 radical (unpaired) electrons. The van der Waals surface area contributed by atoms with E-state index in [1.807, 2.05) is 103 Å². The number of hydrogen-bond acceptors (Lipinski definition) is 0. The molecule has 0 atom stereocenters. The molecule has 11 rings (SSSR count). The highest BCUT2D eigenvalue weighted by atomic mass is 14.3. The molecular formula is C82H42. The van der Waals surface area contributed by atoms with Crippen molar-refractivity contribution >= 4 is 21.5 Å². The van der Waals surface area contributed by atoms with Crippen LogP contribution < -0.4 is 0 Å². The molecule has 0 fully saturated rings. The molecule has 11 aromatic carbocycles. The fourth-order valence-electron chi connectivity index (χ4n) is 11.4. The predicted molar refractivity (Wildman–Crippen MR) is 344 cm³/mol. The lowest BCUT2D eigenvalue weighted by atomic mass is 9.82. The van der Waals surface area contributed by atoms with Gasteiger partial charge in [0.2, 0.25) is 0 Å². The van der Waals surface area contributed by atoms with Crippen LogP contribution in [0.1, 0.15) is 55.6 Å². The monoisotopic (exact) mass is 1030 g/mol. The maximum absolute atomic E-state index is 6.35. The Balaban J connectivity index is 1.27. The zero-order chi connectivity index (χ0) is 57.0. The predicted octanol–water partition coefficient (Wildman–Crippen LogP) is 17.1. The van der Waals surface area contributed by atoms with E-state index in [1.165, 1.54) is 0 Å². The number of fused-ring (bicyclic) bond motifs is 2. The minimum atomic E-state index is 0.570. The first-order valence-electron chi connectivity index (χ1n) is 26.0. The molecule has 0 aliphatic heterocycles. The van der Waals surface area contributed by atoms with Crippen molar-refractivity contribution in [1.82, 2.24) is 0 Å². The second kappa shape index (κ2) is 21.9. The highest BCUT2D eigenvalue weighted by Gasteiger charge is 2.24. The summed E-state index contributed by atoms with van der Waals surface area (Å²) in [6.07, 6.45) is 61.9. The van der Waals surface area contributed by atoms with E-state index in [0.717, 1.165) is 111 Å². The largest absolute Gasteiger partial charge is 0.115 e. The van der Waals surface area contributed by atoms with E-state index >= 15 is 0 Å².